The predicted octanol–water partition coefficient (Wildman–Crippen LogP) is 2.93. The second-order valence-corrected chi connectivity index (χ2v) is 4.10. The van der Waals surface area contributed by atoms with Crippen molar-refractivity contribution in [3.8, 4) is 0 Å². The Balaban J connectivity index is 0. The maximum Gasteiger partial charge on any atom is 0.404 e. The molecule has 0 aliphatic carbocycles. The van der Waals surface area contributed by atoms with Crippen molar-refractivity contribution in [2.24, 2.45) is 11.5 Å². The minimum absolute atomic E-state index is 0.461. The van der Waals surface area contributed by atoms with E-state index in [0.29, 0.717) is 13.2 Å². The molecular weight excluding hydrogens is 248 g/mol. The van der Waals surface area contributed by atoms with Gasteiger partial charge in [0.05, 0.1) is 13.2 Å². The molecule has 0 aliphatic rings. The molecule has 0 spiro atoms. The molecule has 0 aromatic heterocycles. The van der Waals surface area contributed by atoms with E-state index in [4.69, 9.17) is 11.5 Å². The van der Waals surface area contributed by atoms with Crippen LogP contribution in [0.15, 0.2) is 0 Å². The van der Waals surface area contributed by atoms with Crippen molar-refractivity contribution in [1.29, 1.82) is 0 Å². The average molecular weight is 276 g/mol. The Morgan fingerprint density at radius 2 is 1.11 bits per heavy atom. The summed E-state index contributed by atoms with van der Waals surface area (Å²) in [5.74, 6) is 0. The zero-order valence-electron chi connectivity index (χ0n) is 12.2. The second kappa shape index (κ2) is 16.5. The zero-order valence-corrected chi connectivity index (χ0v) is 12.2. The average Bonchev–Trinajstić information content (AvgIpc) is 2.35. The summed E-state index contributed by atoms with van der Waals surface area (Å²) in [6, 6.07) is 0. The van der Waals surface area contributed by atoms with Gasteiger partial charge in [0.1, 0.15) is 0 Å². The third-order valence-corrected chi connectivity index (χ3v) is 2.23. The molecule has 6 heteroatoms. The van der Waals surface area contributed by atoms with Crippen LogP contribution in [0, 0.1) is 0 Å². The Bertz CT molecular complexity index is 223. The Hall–Kier alpha value is -1.46. The molecule has 19 heavy (non-hydrogen) atoms. The highest BCUT2D eigenvalue weighted by Gasteiger charge is 1.92. The van der Waals surface area contributed by atoms with Crippen LogP contribution >= 0.6 is 0 Å². The van der Waals surface area contributed by atoms with Crippen LogP contribution < -0.4 is 11.5 Å². The van der Waals surface area contributed by atoms with Gasteiger partial charge in [0.2, 0.25) is 0 Å². The lowest BCUT2D eigenvalue weighted by atomic mass is 10.2. The Morgan fingerprint density at radius 1 is 0.737 bits per heavy atom. The normalized spacial score (nSPS) is 9.16. The highest BCUT2D eigenvalue weighted by Crippen LogP contribution is 1.98. The van der Waals surface area contributed by atoms with E-state index < -0.39 is 12.2 Å². The SMILES string of the molecule is CCCCCCOC(N)=O.CCCCCOC(N)=O. The van der Waals surface area contributed by atoms with Gasteiger partial charge in [0.25, 0.3) is 0 Å². The maximum atomic E-state index is 10.0. The van der Waals surface area contributed by atoms with Crippen LogP contribution in [0.2, 0.25) is 0 Å². The van der Waals surface area contributed by atoms with E-state index in [1.807, 2.05) is 0 Å². The standard InChI is InChI=1S/C7H15NO2.C6H13NO2/c1-2-3-4-5-6-10-7(8)9;1-2-3-4-5-9-6(7)8/h2-6H2,1H3,(H2,8,9);2-5H2,1H3,(H2,7,8). The van der Waals surface area contributed by atoms with Crippen molar-refractivity contribution in [3.05, 3.63) is 0 Å². The largest absolute Gasteiger partial charge is 0.450 e. The number of hydrogen-bond acceptors (Lipinski definition) is 4. The quantitative estimate of drug-likeness (QED) is 0.631. The van der Waals surface area contributed by atoms with E-state index >= 15 is 0 Å². The summed E-state index contributed by atoms with van der Waals surface area (Å²) in [4.78, 5) is 20.0. The van der Waals surface area contributed by atoms with Gasteiger partial charge >= 0.3 is 12.2 Å². The molecule has 0 radical (unpaired) electrons. The number of amides is 2. The summed E-state index contributed by atoms with van der Waals surface area (Å²) < 4.78 is 9.01. The molecule has 2 amide bonds. The molecule has 0 saturated carbocycles. The molecule has 0 rings (SSSR count). The first kappa shape index (κ1) is 19.9. The maximum absolute atomic E-state index is 10.0. The molecule has 0 unspecified atom stereocenters. The van der Waals surface area contributed by atoms with Crippen molar-refractivity contribution in [3.63, 3.8) is 0 Å². The van der Waals surface area contributed by atoms with Crippen molar-refractivity contribution in [1.82, 2.24) is 0 Å². The van der Waals surface area contributed by atoms with E-state index in [2.05, 4.69) is 23.3 Å². The summed E-state index contributed by atoms with van der Waals surface area (Å²) in [6.07, 6.45) is 6.22. The van der Waals surface area contributed by atoms with Crippen LogP contribution in [0.4, 0.5) is 9.59 Å². The van der Waals surface area contributed by atoms with E-state index in [9.17, 15) is 9.59 Å². The number of carbonyl (C=O) groups excluding carboxylic acids is 2. The Morgan fingerprint density at radius 3 is 1.47 bits per heavy atom. The molecular formula is C13H28N2O4. The third-order valence-electron chi connectivity index (χ3n) is 2.23. The number of nitrogens with two attached hydrogens (primary N) is 2. The van der Waals surface area contributed by atoms with Crippen LogP contribution in [-0.2, 0) is 9.47 Å². The second-order valence-electron chi connectivity index (χ2n) is 4.10. The van der Waals surface area contributed by atoms with Gasteiger partial charge in [0, 0.05) is 0 Å². The molecule has 4 N–H and O–H groups in total. The van der Waals surface area contributed by atoms with Gasteiger partial charge in [-0.05, 0) is 12.8 Å². The molecule has 0 aliphatic heterocycles. The van der Waals surface area contributed by atoms with Gasteiger partial charge in [0.15, 0.2) is 0 Å². The fourth-order valence-corrected chi connectivity index (χ4v) is 1.23. The van der Waals surface area contributed by atoms with Gasteiger partial charge in [-0.2, -0.15) is 0 Å². The van der Waals surface area contributed by atoms with E-state index in [0.717, 1.165) is 32.1 Å². The number of ether oxygens (including phenoxy) is 2. The topological polar surface area (TPSA) is 105 Å². The summed E-state index contributed by atoms with van der Waals surface area (Å²) >= 11 is 0. The van der Waals surface area contributed by atoms with Gasteiger partial charge in [-0.15, -0.1) is 0 Å². The molecule has 0 bridgehead atoms. The minimum atomic E-state index is -0.675. The zero-order chi connectivity index (χ0) is 14.9. The fraction of sp³-hybridized carbons (Fsp3) is 0.846. The van der Waals surface area contributed by atoms with Crippen LogP contribution in [0.1, 0.15) is 58.8 Å². The molecule has 0 fully saturated rings. The summed E-state index contributed by atoms with van der Waals surface area (Å²) in [7, 11) is 0. The molecule has 0 aromatic carbocycles. The number of rotatable bonds is 9. The van der Waals surface area contributed by atoms with E-state index in [1.54, 1.807) is 0 Å². The molecule has 0 saturated heterocycles. The molecule has 0 aromatic rings. The summed E-state index contributed by atoms with van der Waals surface area (Å²) in [5, 5.41) is 0. The number of hydrogen-bond donors (Lipinski definition) is 2. The van der Waals surface area contributed by atoms with Crippen molar-refractivity contribution in [2.45, 2.75) is 58.8 Å². The van der Waals surface area contributed by atoms with Gasteiger partial charge in [-0.25, -0.2) is 9.59 Å². The van der Waals surface area contributed by atoms with E-state index in [1.165, 1.54) is 12.8 Å². The van der Waals surface area contributed by atoms with Crippen molar-refractivity contribution in [2.75, 3.05) is 13.2 Å². The smallest absolute Gasteiger partial charge is 0.404 e. The Labute approximate surface area is 115 Å². The molecule has 0 atom stereocenters. The molecule has 6 nitrogen and oxygen atoms in total. The van der Waals surface area contributed by atoms with Crippen molar-refractivity contribution < 1.29 is 19.1 Å². The van der Waals surface area contributed by atoms with Crippen LogP contribution in [0.25, 0.3) is 0 Å². The monoisotopic (exact) mass is 276 g/mol. The first-order chi connectivity index (χ1) is 9.04. The predicted molar refractivity (Wildman–Crippen MR) is 74.7 cm³/mol. The van der Waals surface area contributed by atoms with Crippen LogP contribution in [-0.4, -0.2) is 25.4 Å². The number of unbranched alkanes of at least 4 members (excludes halogenated alkanes) is 5. The summed E-state index contributed by atoms with van der Waals surface area (Å²) in [6.45, 7) is 5.15. The lowest BCUT2D eigenvalue weighted by Gasteiger charge is -1.99. The van der Waals surface area contributed by atoms with Crippen LogP contribution in [0.5, 0.6) is 0 Å². The third kappa shape index (κ3) is 26.3. The highest BCUT2D eigenvalue weighted by molar-refractivity contribution is 5.64. The highest BCUT2D eigenvalue weighted by atomic mass is 16.5. The van der Waals surface area contributed by atoms with Crippen LogP contribution in [0.3, 0.4) is 0 Å². The van der Waals surface area contributed by atoms with Gasteiger partial charge in [-0.1, -0.05) is 46.0 Å². The minimum Gasteiger partial charge on any atom is -0.450 e. The fourth-order valence-electron chi connectivity index (χ4n) is 1.23. The lowest BCUT2D eigenvalue weighted by Crippen LogP contribution is -2.13. The number of carbonyl (C=O) groups is 2. The first-order valence-electron chi connectivity index (χ1n) is 6.89. The lowest BCUT2D eigenvalue weighted by molar-refractivity contribution is 0.153. The first-order valence-corrected chi connectivity index (χ1v) is 6.89. The van der Waals surface area contributed by atoms with Gasteiger partial charge in [-0.3, -0.25) is 0 Å². The summed E-state index contributed by atoms with van der Waals surface area (Å²) in [5.41, 5.74) is 9.46. The van der Waals surface area contributed by atoms with Crippen molar-refractivity contribution >= 4 is 12.2 Å². The Kier molecular flexibility index (Phi) is 17.3. The number of primary amides is 2. The molecule has 114 valence electrons. The molecule has 0 heterocycles. The van der Waals surface area contributed by atoms with Gasteiger partial charge < -0.3 is 20.9 Å². The van der Waals surface area contributed by atoms with E-state index in [-0.39, 0.29) is 0 Å².